The molecule has 0 atom stereocenters. The molecule has 7 heteroatoms. The summed E-state index contributed by atoms with van der Waals surface area (Å²) in [7, 11) is 0. The molecule has 0 radical (unpaired) electrons. The Morgan fingerprint density at radius 1 is 1.14 bits per heavy atom. The first kappa shape index (κ1) is 15.6. The van der Waals surface area contributed by atoms with E-state index in [9.17, 15) is 14.7 Å². The SMILES string of the molecule is O=C(O)c1ccc(NC(=O)c2cc(I)ccc2O)c(Cl)c1. The fraction of sp³-hybridized carbons (Fsp3) is 0. The van der Waals surface area contributed by atoms with Gasteiger partial charge in [-0.25, -0.2) is 4.79 Å². The van der Waals surface area contributed by atoms with Gasteiger partial charge in [-0.1, -0.05) is 11.6 Å². The van der Waals surface area contributed by atoms with Crippen molar-refractivity contribution in [3.05, 3.63) is 56.1 Å². The van der Waals surface area contributed by atoms with E-state index in [2.05, 4.69) is 5.32 Å². The van der Waals surface area contributed by atoms with Crippen LogP contribution in [0, 0.1) is 3.57 Å². The lowest BCUT2D eigenvalue weighted by Gasteiger charge is -2.09. The van der Waals surface area contributed by atoms with Crippen molar-refractivity contribution in [3.63, 3.8) is 0 Å². The lowest BCUT2D eigenvalue weighted by molar-refractivity contribution is 0.0696. The number of anilines is 1. The Labute approximate surface area is 138 Å². The summed E-state index contributed by atoms with van der Waals surface area (Å²) in [4.78, 5) is 22.9. The summed E-state index contributed by atoms with van der Waals surface area (Å²) in [6.07, 6.45) is 0. The van der Waals surface area contributed by atoms with Gasteiger partial charge in [-0.05, 0) is 59.0 Å². The number of nitrogens with one attached hydrogen (secondary N) is 1. The molecule has 0 saturated carbocycles. The van der Waals surface area contributed by atoms with E-state index >= 15 is 0 Å². The molecule has 2 aromatic rings. The molecule has 5 nitrogen and oxygen atoms in total. The summed E-state index contributed by atoms with van der Waals surface area (Å²) >= 11 is 7.96. The van der Waals surface area contributed by atoms with Crippen LogP contribution in [0.2, 0.25) is 5.02 Å². The molecule has 0 saturated heterocycles. The first-order valence-corrected chi connectivity index (χ1v) is 7.17. The highest BCUT2D eigenvalue weighted by Crippen LogP contribution is 2.26. The Bertz CT molecular complexity index is 733. The van der Waals surface area contributed by atoms with Crippen molar-refractivity contribution >= 4 is 51.8 Å². The van der Waals surface area contributed by atoms with Gasteiger partial charge in [0, 0.05) is 3.57 Å². The lowest BCUT2D eigenvalue weighted by Crippen LogP contribution is -2.13. The largest absolute Gasteiger partial charge is 0.507 e. The second-order valence-corrected chi connectivity index (χ2v) is 5.77. The van der Waals surface area contributed by atoms with Crippen LogP contribution in [0.25, 0.3) is 0 Å². The predicted octanol–water partition coefficient (Wildman–Crippen LogP) is 3.60. The molecular formula is C14H9ClINO4. The number of carbonyl (C=O) groups excluding carboxylic acids is 1. The molecule has 0 unspecified atom stereocenters. The molecule has 0 aliphatic heterocycles. The number of carboxylic acids is 1. The van der Waals surface area contributed by atoms with Gasteiger partial charge >= 0.3 is 5.97 Å². The number of hydrogen-bond donors (Lipinski definition) is 3. The molecule has 0 aliphatic carbocycles. The van der Waals surface area contributed by atoms with Crippen molar-refractivity contribution in [1.29, 1.82) is 0 Å². The Hall–Kier alpha value is -1.80. The van der Waals surface area contributed by atoms with Gasteiger partial charge < -0.3 is 15.5 Å². The van der Waals surface area contributed by atoms with E-state index < -0.39 is 11.9 Å². The van der Waals surface area contributed by atoms with E-state index in [1.54, 1.807) is 6.07 Å². The van der Waals surface area contributed by atoms with E-state index in [1.807, 2.05) is 22.6 Å². The van der Waals surface area contributed by atoms with Crippen LogP contribution in [-0.2, 0) is 0 Å². The van der Waals surface area contributed by atoms with Crippen molar-refractivity contribution in [2.24, 2.45) is 0 Å². The average molecular weight is 418 g/mol. The van der Waals surface area contributed by atoms with Crippen LogP contribution in [0.3, 0.4) is 0 Å². The van der Waals surface area contributed by atoms with Gasteiger partial charge in [-0.15, -0.1) is 0 Å². The summed E-state index contributed by atoms with van der Waals surface area (Å²) < 4.78 is 0.794. The molecule has 2 aromatic carbocycles. The number of hydrogen-bond acceptors (Lipinski definition) is 3. The van der Waals surface area contributed by atoms with E-state index in [0.29, 0.717) is 0 Å². The van der Waals surface area contributed by atoms with E-state index in [4.69, 9.17) is 16.7 Å². The normalized spacial score (nSPS) is 10.2. The van der Waals surface area contributed by atoms with E-state index in [-0.39, 0.29) is 27.6 Å². The predicted molar refractivity (Wildman–Crippen MR) is 87.2 cm³/mol. The minimum Gasteiger partial charge on any atom is -0.507 e. The molecule has 1 amide bonds. The van der Waals surface area contributed by atoms with Gasteiger partial charge in [0.2, 0.25) is 0 Å². The van der Waals surface area contributed by atoms with Crippen LogP contribution in [-0.4, -0.2) is 22.1 Å². The number of phenolic OH excluding ortho intramolecular Hbond substituents is 1. The second-order valence-electron chi connectivity index (χ2n) is 4.12. The third kappa shape index (κ3) is 3.64. The molecule has 108 valence electrons. The molecule has 21 heavy (non-hydrogen) atoms. The minimum atomic E-state index is -1.11. The van der Waals surface area contributed by atoms with Crippen LogP contribution in [0.15, 0.2) is 36.4 Å². The first-order valence-electron chi connectivity index (χ1n) is 5.71. The maximum Gasteiger partial charge on any atom is 0.335 e. The lowest BCUT2D eigenvalue weighted by atomic mass is 10.1. The maximum absolute atomic E-state index is 12.1. The first-order chi connectivity index (χ1) is 9.88. The fourth-order valence-corrected chi connectivity index (χ4v) is 2.35. The standard InChI is InChI=1S/C14H9ClINO4/c15-10-5-7(14(20)21)1-3-11(10)17-13(19)9-6-8(16)2-4-12(9)18/h1-6,18H,(H,17,19)(H,20,21). The van der Waals surface area contributed by atoms with Crippen molar-refractivity contribution < 1.29 is 19.8 Å². The summed E-state index contributed by atoms with van der Waals surface area (Å²) in [5.41, 5.74) is 0.403. The molecule has 0 heterocycles. The van der Waals surface area contributed by atoms with Gasteiger partial charge in [0.25, 0.3) is 5.91 Å². The van der Waals surface area contributed by atoms with Gasteiger partial charge in [-0.3, -0.25) is 4.79 Å². The highest BCUT2D eigenvalue weighted by atomic mass is 127. The molecule has 0 aliphatic rings. The van der Waals surface area contributed by atoms with Crippen molar-refractivity contribution in [2.45, 2.75) is 0 Å². The Balaban J connectivity index is 2.27. The average Bonchev–Trinajstić information content (AvgIpc) is 2.43. The van der Waals surface area contributed by atoms with Crippen LogP contribution in [0.1, 0.15) is 20.7 Å². The Morgan fingerprint density at radius 2 is 1.86 bits per heavy atom. The van der Waals surface area contributed by atoms with Crippen molar-refractivity contribution in [1.82, 2.24) is 0 Å². The zero-order valence-electron chi connectivity index (χ0n) is 10.4. The Morgan fingerprint density at radius 3 is 2.48 bits per heavy atom. The molecule has 0 aromatic heterocycles. The number of benzene rings is 2. The maximum atomic E-state index is 12.1. The monoisotopic (exact) mass is 417 g/mol. The van der Waals surface area contributed by atoms with Crippen LogP contribution in [0.4, 0.5) is 5.69 Å². The highest BCUT2D eigenvalue weighted by Gasteiger charge is 2.14. The Kier molecular flexibility index (Phi) is 4.69. The summed E-state index contributed by atoms with van der Waals surface area (Å²) in [5.74, 6) is -1.78. The number of amides is 1. The summed E-state index contributed by atoms with van der Waals surface area (Å²) in [5, 5.41) is 21.2. The third-order valence-electron chi connectivity index (χ3n) is 2.67. The van der Waals surface area contributed by atoms with E-state index in [0.717, 1.165) is 3.57 Å². The molecular weight excluding hydrogens is 409 g/mol. The quantitative estimate of drug-likeness (QED) is 0.666. The number of aromatic hydroxyl groups is 1. The van der Waals surface area contributed by atoms with Gasteiger partial charge in [0.05, 0.1) is 21.8 Å². The topological polar surface area (TPSA) is 86.6 Å². The third-order valence-corrected chi connectivity index (χ3v) is 3.65. The number of carboxylic acid groups (broad SMARTS) is 1. The number of halogens is 2. The molecule has 0 bridgehead atoms. The highest BCUT2D eigenvalue weighted by molar-refractivity contribution is 14.1. The number of rotatable bonds is 3. The fourth-order valence-electron chi connectivity index (χ4n) is 1.63. The smallest absolute Gasteiger partial charge is 0.335 e. The van der Waals surface area contributed by atoms with Crippen molar-refractivity contribution in [3.8, 4) is 5.75 Å². The van der Waals surface area contributed by atoms with E-state index in [1.165, 1.54) is 30.3 Å². The molecule has 0 fully saturated rings. The molecule has 2 rings (SSSR count). The summed E-state index contributed by atoms with van der Waals surface area (Å²) in [6, 6.07) is 8.60. The molecule has 0 spiro atoms. The number of carbonyl (C=O) groups is 2. The summed E-state index contributed by atoms with van der Waals surface area (Å²) in [6.45, 7) is 0. The van der Waals surface area contributed by atoms with Crippen LogP contribution >= 0.6 is 34.2 Å². The zero-order valence-corrected chi connectivity index (χ0v) is 13.3. The second kappa shape index (κ2) is 6.31. The van der Waals surface area contributed by atoms with Crippen molar-refractivity contribution in [2.75, 3.05) is 5.32 Å². The number of aromatic carboxylic acids is 1. The van der Waals surface area contributed by atoms with Crippen LogP contribution in [0.5, 0.6) is 5.75 Å². The van der Waals surface area contributed by atoms with Gasteiger partial charge in [0.1, 0.15) is 5.75 Å². The number of phenols is 1. The van der Waals surface area contributed by atoms with Gasteiger partial charge in [0.15, 0.2) is 0 Å². The van der Waals surface area contributed by atoms with Gasteiger partial charge in [-0.2, -0.15) is 0 Å². The zero-order chi connectivity index (χ0) is 15.6. The van der Waals surface area contributed by atoms with Crippen LogP contribution < -0.4 is 5.32 Å². The minimum absolute atomic E-state index is 0.0232. The molecule has 3 N–H and O–H groups in total.